The number of aromatic nitrogens is 6. The molecular weight excluding hydrogens is 314 g/mol. The summed E-state index contributed by atoms with van der Waals surface area (Å²) in [7, 11) is 0. The van der Waals surface area contributed by atoms with E-state index in [1.54, 1.807) is 6.20 Å². The molecule has 0 radical (unpaired) electrons. The number of aryl methyl sites for hydroxylation is 1. The Hall–Kier alpha value is -3.35. The second-order valence-electron chi connectivity index (χ2n) is 5.85. The van der Waals surface area contributed by atoms with Crippen LogP contribution in [-0.2, 0) is 13.0 Å². The predicted molar refractivity (Wildman–Crippen MR) is 95.0 cm³/mol. The molecule has 0 aliphatic heterocycles. The largest absolute Gasteiger partial charge is 0.350 e. The van der Waals surface area contributed by atoms with Gasteiger partial charge < -0.3 is 10.3 Å². The summed E-state index contributed by atoms with van der Waals surface area (Å²) in [6, 6.07) is 2.00. The van der Waals surface area contributed by atoms with Gasteiger partial charge >= 0.3 is 0 Å². The molecule has 0 saturated carbocycles. The molecule has 7 nitrogen and oxygen atoms in total. The summed E-state index contributed by atoms with van der Waals surface area (Å²) in [4.78, 5) is 24.4. The second kappa shape index (κ2) is 6.64. The third-order valence-electron chi connectivity index (χ3n) is 4.11. The van der Waals surface area contributed by atoms with Crippen molar-refractivity contribution in [1.29, 1.82) is 0 Å². The first kappa shape index (κ1) is 15.2. The van der Waals surface area contributed by atoms with Crippen molar-refractivity contribution in [2.75, 3.05) is 5.32 Å². The summed E-state index contributed by atoms with van der Waals surface area (Å²) in [6.07, 6.45) is 13.4. The van der Waals surface area contributed by atoms with Crippen molar-refractivity contribution in [1.82, 2.24) is 29.9 Å². The quantitative estimate of drug-likeness (QED) is 0.584. The molecule has 0 aliphatic carbocycles. The number of aromatic amines is 1. The molecule has 0 aliphatic rings. The van der Waals surface area contributed by atoms with Crippen LogP contribution in [0.15, 0.2) is 49.6 Å². The van der Waals surface area contributed by atoms with Gasteiger partial charge in [0.05, 0.1) is 0 Å². The van der Waals surface area contributed by atoms with Gasteiger partial charge in [0.15, 0.2) is 0 Å². The monoisotopic (exact) mass is 331 g/mol. The summed E-state index contributed by atoms with van der Waals surface area (Å²) in [5.74, 6) is 0.613. The number of H-pyrrole nitrogens is 1. The van der Waals surface area contributed by atoms with Gasteiger partial charge in [-0.25, -0.2) is 19.9 Å². The highest BCUT2D eigenvalue weighted by Gasteiger charge is 2.06. The van der Waals surface area contributed by atoms with E-state index in [1.165, 1.54) is 11.9 Å². The fraction of sp³-hybridized carbons (Fsp3) is 0.167. The Balaban J connectivity index is 1.44. The zero-order valence-electron chi connectivity index (χ0n) is 13.8. The third kappa shape index (κ3) is 3.30. The molecule has 0 spiro atoms. The first-order valence-electron chi connectivity index (χ1n) is 8.00. The zero-order chi connectivity index (χ0) is 17.1. The summed E-state index contributed by atoms with van der Waals surface area (Å²) < 4.78 is 0. The van der Waals surface area contributed by atoms with Gasteiger partial charge in [0.25, 0.3) is 0 Å². The molecule has 0 saturated heterocycles. The molecule has 0 fully saturated rings. The minimum absolute atomic E-state index is 0.613. The Bertz CT molecular complexity index is 992. The fourth-order valence-corrected chi connectivity index (χ4v) is 2.69. The number of anilines is 1. The number of pyridine rings is 1. The van der Waals surface area contributed by atoms with Crippen molar-refractivity contribution in [2.24, 2.45) is 0 Å². The van der Waals surface area contributed by atoms with Crippen LogP contribution in [0.3, 0.4) is 0 Å². The molecule has 0 aromatic carbocycles. The van der Waals surface area contributed by atoms with E-state index in [0.717, 1.165) is 34.1 Å². The Kier molecular flexibility index (Phi) is 4.04. The van der Waals surface area contributed by atoms with E-state index in [2.05, 4.69) is 35.2 Å². The summed E-state index contributed by atoms with van der Waals surface area (Å²) in [6.45, 7) is 2.71. The summed E-state index contributed by atoms with van der Waals surface area (Å²) >= 11 is 0. The Labute approximate surface area is 144 Å². The van der Waals surface area contributed by atoms with Crippen molar-refractivity contribution in [2.45, 2.75) is 19.9 Å². The van der Waals surface area contributed by atoms with E-state index >= 15 is 0 Å². The van der Waals surface area contributed by atoms with Gasteiger partial charge in [-0.3, -0.25) is 4.98 Å². The van der Waals surface area contributed by atoms with E-state index in [-0.39, 0.29) is 0 Å². The number of rotatable bonds is 5. The van der Waals surface area contributed by atoms with Crippen LogP contribution in [0.5, 0.6) is 0 Å². The zero-order valence-corrected chi connectivity index (χ0v) is 13.8. The molecule has 4 aromatic rings. The molecule has 124 valence electrons. The lowest BCUT2D eigenvalue weighted by atomic mass is 10.1. The van der Waals surface area contributed by atoms with Crippen LogP contribution in [-0.4, -0.2) is 29.9 Å². The molecule has 4 heterocycles. The first-order chi connectivity index (χ1) is 12.3. The predicted octanol–water partition coefficient (Wildman–Crippen LogP) is 2.65. The Morgan fingerprint density at radius 3 is 2.72 bits per heavy atom. The van der Waals surface area contributed by atoms with Crippen LogP contribution in [0.2, 0.25) is 0 Å². The molecule has 0 atom stereocenters. The smallest absolute Gasteiger partial charge is 0.222 e. The molecule has 0 amide bonds. The lowest BCUT2D eigenvalue weighted by Gasteiger charge is -2.07. The molecule has 4 aromatic heterocycles. The van der Waals surface area contributed by atoms with Crippen LogP contribution in [0.25, 0.3) is 11.0 Å². The van der Waals surface area contributed by atoms with Crippen LogP contribution < -0.4 is 5.32 Å². The van der Waals surface area contributed by atoms with Gasteiger partial charge in [-0.2, -0.15) is 0 Å². The van der Waals surface area contributed by atoms with Crippen molar-refractivity contribution in [3.63, 3.8) is 0 Å². The molecule has 25 heavy (non-hydrogen) atoms. The van der Waals surface area contributed by atoms with Crippen LogP contribution >= 0.6 is 0 Å². The van der Waals surface area contributed by atoms with E-state index < -0.39 is 0 Å². The number of hydrogen-bond donors (Lipinski definition) is 2. The maximum Gasteiger partial charge on any atom is 0.222 e. The first-order valence-corrected chi connectivity index (χ1v) is 8.00. The highest BCUT2D eigenvalue weighted by molar-refractivity contribution is 5.78. The molecule has 7 heteroatoms. The average Bonchev–Trinajstić information content (AvgIpc) is 3.05. The molecule has 2 N–H and O–H groups in total. The van der Waals surface area contributed by atoms with Crippen molar-refractivity contribution in [3.8, 4) is 0 Å². The number of hydrogen-bond acceptors (Lipinski definition) is 6. The standard InChI is InChI=1S/C18H17N7/c1-12-5-19-3-2-14(12)8-24-18-22-6-13(7-23-18)4-15-9-21-17-16(15)10-20-11-25-17/h2-3,5-7,9-11H,4,8H2,1H3,(H,20,21,25)(H,22,23,24). The number of fused-ring (bicyclic) bond motifs is 1. The third-order valence-corrected chi connectivity index (χ3v) is 4.11. The maximum atomic E-state index is 4.40. The summed E-state index contributed by atoms with van der Waals surface area (Å²) in [5.41, 5.74) is 5.34. The normalized spacial score (nSPS) is 10.9. The fourth-order valence-electron chi connectivity index (χ4n) is 2.69. The lowest BCUT2D eigenvalue weighted by Crippen LogP contribution is -2.05. The van der Waals surface area contributed by atoms with Crippen molar-refractivity contribution in [3.05, 3.63) is 71.8 Å². The highest BCUT2D eigenvalue weighted by Crippen LogP contribution is 2.18. The SMILES string of the molecule is Cc1cnccc1CNc1ncc(Cc2c[nH]c3ncncc23)cn1. The molecule has 0 bridgehead atoms. The van der Waals surface area contributed by atoms with E-state index in [9.17, 15) is 0 Å². The van der Waals surface area contributed by atoms with Gasteiger partial charge in [0.2, 0.25) is 5.95 Å². The van der Waals surface area contributed by atoms with Crippen LogP contribution in [0, 0.1) is 6.92 Å². The molecular formula is C18H17N7. The van der Waals surface area contributed by atoms with Gasteiger partial charge in [-0.05, 0) is 35.2 Å². The molecule has 4 rings (SSSR count). The number of nitrogens with zero attached hydrogens (tertiary/aromatic N) is 5. The molecule has 0 unspecified atom stereocenters. The summed E-state index contributed by atoms with van der Waals surface area (Å²) in [5, 5.41) is 4.27. The van der Waals surface area contributed by atoms with Gasteiger partial charge in [-0.15, -0.1) is 0 Å². The maximum absolute atomic E-state index is 4.40. The highest BCUT2D eigenvalue weighted by atomic mass is 15.1. The minimum atomic E-state index is 0.613. The average molecular weight is 331 g/mol. The van der Waals surface area contributed by atoms with E-state index in [0.29, 0.717) is 12.5 Å². The van der Waals surface area contributed by atoms with Crippen molar-refractivity contribution >= 4 is 17.0 Å². The van der Waals surface area contributed by atoms with Gasteiger partial charge in [0, 0.05) is 55.5 Å². The van der Waals surface area contributed by atoms with Gasteiger partial charge in [0.1, 0.15) is 12.0 Å². The van der Waals surface area contributed by atoms with E-state index in [4.69, 9.17) is 0 Å². The minimum Gasteiger partial charge on any atom is -0.350 e. The van der Waals surface area contributed by atoms with Crippen LogP contribution in [0.1, 0.15) is 22.3 Å². The number of nitrogens with one attached hydrogen (secondary N) is 2. The van der Waals surface area contributed by atoms with E-state index in [1.807, 2.05) is 44.0 Å². The second-order valence-corrected chi connectivity index (χ2v) is 5.85. The Morgan fingerprint density at radius 2 is 1.88 bits per heavy atom. The van der Waals surface area contributed by atoms with Crippen LogP contribution in [0.4, 0.5) is 5.95 Å². The Morgan fingerprint density at radius 1 is 1.00 bits per heavy atom. The topological polar surface area (TPSA) is 92.3 Å². The van der Waals surface area contributed by atoms with Gasteiger partial charge in [-0.1, -0.05) is 0 Å². The lowest BCUT2D eigenvalue weighted by molar-refractivity contribution is 1.01. The van der Waals surface area contributed by atoms with Crippen molar-refractivity contribution < 1.29 is 0 Å².